The second-order valence-corrected chi connectivity index (χ2v) is 12.3. The molecule has 10 nitrogen and oxygen atoms in total. The van der Waals surface area contributed by atoms with Crippen molar-refractivity contribution in [3.8, 4) is 10.6 Å². The van der Waals surface area contributed by atoms with Gasteiger partial charge in [-0.15, -0.1) is 11.3 Å². The molecule has 3 heterocycles. The van der Waals surface area contributed by atoms with Gasteiger partial charge in [-0.2, -0.15) is 4.98 Å². The maximum absolute atomic E-state index is 10.8. The number of nitrogens with one attached hydrogen (secondary N) is 2. The van der Waals surface area contributed by atoms with Gasteiger partial charge in [0.05, 0.1) is 51.6 Å². The fourth-order valence-corrected chi connectivity index (χ4v) is 5.79. The number of anilines is 2. The largest absolute Gasteiger partial charge is 0.390 e. The summed E-state index contributed by atoms with van der Waals surface area (Å²) in [5.74, 6) is 0.436. The molecule has 1 unspecified atom stereocenters. The maximum atomic E-state index is 10.8. The zero-order valence-electron chi connectivity index (χ0n) is 22.5. The maximum Gasteiger partial charge on any atom is 0.224 e. The fraction of sp³-hybridized carbons (Fsp3) is 0.615. The van der Waals surface area contributed by atoms with Crippen LogP contribution in [0.1, 0.15) is 52.4 Å². The Bertz CT molecular complexity index is 1250. The predicted molar refractivity (Wildman–Crippen MR) is 146 cm³/mol. The quantitative estimate of drug-likeness (QED) is 0.275. The average molecular weight is 531 g/mol. The van der Waals surface area contributed by atoms with Gasteiger partial charge in [0.2, 0.25) is 5.95 Å². The molecule has 1 aliphatic rings. The molecular formula is C26H38N6O4S. The molecule has 1 saturated carbocycles. The fourth-order valence-electron chi connectivity index (χ4n) is 4.68. The number of thiazole rings is 1. The van der Waals surface area contributed by atoms with Gasteiger partial charge in [0.25, 0.3) is 0 Å². The highest BCUT2D eigenvalue weighted by Crippen LogP contribution is 2.40. The minimum absolute atomic E-state index is 0.245. The third kappa shape index (κ3) is 6.18. The van der Waals surface area contributed by atoms with Gasteiger partial charge in [0, 0.05) is 18.7 Å². The van der Waals surface area contributed by atoms with Gasteiger partial charge in [-0.3, -0.25) is 4.98 Å². The van der Waals surface area contributed by atoms with E-state index in [1.807, 2.05) is 40.7 Å². The lowest BCUT2D eigenvalue weighted by atomic mass is 9.88. The first-order chi connectivity index (χ1) is 17.2. The number of nitrogens with zero attached hydrogens (tertiary/aromatic N) is 4. The van der Waals surface area contributed by atoms with Gasteiger partial charge in [-0.25, -0.2) is 9.97 Å². The van der Waals surface area contributed by atoms with E-state index in [0.29, 0.717) is 37.0 Å². The van der Waals surface area contributed by atoms with Crippen molar-refractivity contribution in [3.05, 3.63) is 23.7 Å². The van der Waals surface area contributed by atoms with Crippen molar-refractivity contribution in [2.24, 2.45) is 5.92 Å². The number of aliphatic hydroxyl groups is 3. The summed E-state index contributed by atoms with van der Waals surface area (Å²) < 4.78 is 6.80. The Labute approximate surface area is 221 Å². The summed E-state index contributed by atoms with van der Waals surface area (Å²) in [5.41, 5.74) is 1.73. The van der Waals surface area contributed by atoms with Crippen LogP contribution in [0.2, 0.25) is 0 Å². The lowest BCUT2D eigenvalue weighted by Gasteiger charge is -2.28. The highest BCUT2D eigenvalue weighted by molar-refractivity contribution is 7.21. The first-order valence-corrected chi connectivity index (χ1v) is 13.4. The van der Waals surface area contributed by atoms with Gasteiger partial charge in [-0.05, 0) is 61.0 Å². The van der Waals surface area contributed by atoms with Crippen molar-refractivity contribution in [2.75, 3.05) is 23.8 Å². The normalized spacial score (nSPS) is 22.5. The van der Waals surface area contributed by atoms with Crippen LogP contribution in [0.15, 0.2) is 12.3 Å². The minimum Gasteiger partial charge on any atom is -0.390 e. The molecule has 3 aromatic heterocycles. The summed E-state index contributed by atoms with van der Waals surface area (Å²) in [6, 6.07) is 1.41. The molecule has 0 aromatic carbocycles. The number of aryl methyl sites for hydroxylation is 2. The number of hydrogen-bond donors (Lipinski definition) is 5. The van der Waals surface area contributed by atoms with Crippen LogP contribution < -0.4 is 10.6 Å². The van der Waals surface area contributed by atoms with E-state index in [2.05, 4.69) is 20.6 Å². The summed E-state index contributed by atoms with van der Waals surface area (Å²) in [7, 11) is 0. The smallest absolute Gasteiger partial charge is 0.224 e. The van der Waals surface area contributed by atoms with E-state index in [4.69, 9.17) is 14.7 Å². The van der Waals surface area contributed by atoms with E-state index in [9.17, 15) is 15.3 Å². The third-order valence-electron chi connectivity index (χ3n) is 6.63. The van der Waals surface area contributed by atoms with Crippen molar-refractivity contribution in [1.29, 1.82) is 0 Å². The van der Waals surface area contributed by atoms with Crippen molar-refractivity contribution < 1.29 is 20.1 Å². The van der Waals surface area contributed by atoms with E-state index in [0.717, 1.165) is 26.5 Å². The molecule has 0 bridgehead atoms. The van der Waals surface area contributed by atoms with Gasteiger partial charge in [-0.1, -0.05) is 0 Å². The Morgan fingerprint density at radius 1 is 1.05 bits per heavy atom. The summed E-state index contributed by atoms with van der Waals surface area (Å²) >= 11 is 1.52. The van der Waals surface area contributed by atoms with Crippen molar-refractivity contribution in [1.82, 2.24) is 19.9 Å². The number of ether oxygens (including phenoxy) is 1. The number of aliphatic hydroxyl groups excluding tert-OH is 2. The molecular weight excluding hydrogens is 492 g/mol. The van der Waals surface area contributed by atoms with E-state index in [1.54, 1.807) is 20.0 Å². The van der Waals surface area contributed by atoms with Crippen LogP contribution in [-0.2, 0) is 4.74 Å². The predicted octanol–water partition coefficient (Wildman–Crippen LogP) is 3.29. The van der Waals surface area contributed by atoms with Crippen molar-refractivity contribution >= 4 is 33.3 Å². The SMILES string of the molecule is Cc1nc(NCCOC(C)(C)C)nc(NC2C[C@H](C(C)(C)O)[C@@H](O)[C@H]2O)c1-c1nc2c(C)nccc2s1. The van der Waals surface area contributed by atoms with Crippen LogP contribution >= 0.6 is 11.3 Å². The number of hydrogen-bond acceptors (Lipinski definition) is 11. The number of fused-ring (bicyclic) bond motifs is 1. The Balaban J connectivity index is 1.69. The van der Waals surface area contributed by atoms with Gasteiger partial charge in [0.15, 0.2) is 0 Å². The Morgan fingerprint density at radius 2 is 1.78 bits per heavy atom. The molecule has 4 rings (SSSR count). The second kappa shape index (κ2) is 10.4. The summed E-state index contributed by atoms with van der Waals surface area (Å²) in [6.45, 7) is 14.1. The lowest BCUT2D eigenvalue weighted by Crippen LogP contribution is -2.40. The molecule has 202 valence electrons. The van der Waals surface area contributed by atoms with E-state index >= 15 is 0 Å². The molecule has 0 saturated heterocycles. The van der Waals surface area contributed by atoms with Crippen LogP contribution in [0.3, 0.4) is 0 Å². The molecule has 0 amide bonds. The number of pyridine rings is 1. The molecule has 0 spiro atoms. The third-order valence-corrected chi connectivity index (χ3v) is 7.66. The van der Waals surface area contributed by atoms with Crippen molar-refractivity contribution in [2.45, 2.75) is 84.3 Å². The van der Waals surface area contributed by atoms with Crippen LogP contribution in [0.25, 0.3) is 20.8 Å². The van der Waals surface area contributed by atoms with E-state index < -0.39 is 29.8 Å². The van der Waals surface area contributed by atoms with Crippen LogP contribution in [0, 0.1) is 19.8 Å². The Kier molecular flexibility index (Phi) is 7.74. The molecule has 37 heavy (non-hydrogen) atoms. The van der Waals surface area contributed by atoms with Crippen LogP contribution in [0.4, 0.5) is 11.8 Å². The molecule has 1 aliphatic carbocycles. The lowest BCUT2D eigenvalue weighted by molar-refractivity contribution is -0.0601. The molecule has 0 radical (unpaired) electrons. The number of aromatic nitrogens is 4. The molecule has 1 fully saturated rings. The molecule has 11 heteroatoms. The summed E-state index contributed by atoms with van der Waals surface area (Å²) in [4.78, 5) is 18.6. The first-order valence-electron chi connectivity index (χ1n) is 12.6. The Morgan fingerprint density at radius 3 is 2.41 bits per heavy atom. The first kappa shape index (κ1) is 27.6. The van der Waals surface area contributed by atoms with Gasteiger partial charge in [0.1, 0.15) is 22.4 Å². The minimum atomic E-state index is -1.14. The zero-order valence-corrected chi connectivity index (χ0v) is 23.3. The molecule has 4 atom stereocenters. The van der Waals surface area contributed by atoms with Crippen molar-refractivity contribution in [3.63, 3.8) is 0 Å². The van der Waals surface area contributed by atoms with Crippen LogP contribution in [0.5, 0.6) is 0 Å². The summed E-state index contributed by atoms with van der Waals surface area (Å²) in [6.07, 6.45) is 0.00602. The molecule has 3 aromatic rings. The monoisotopic (exact) mass is 530 g/mol. The standard InChI is InChI=1S/C26H38N6O4S/c1-13-18(23-31-19-14(2)27-9-8-17(19)37-23)22(32-24(29-13)28-10-11-36-25(3,4)5)30-16-12-15(26(6,7)35)20(33)21(16)34/h8-9,15-16,20-21,33-35H,10-12H2,1-7H3,(H2,28,29,30,32)/t15-,16?,20+,21-/m0/s1. The molecule has 5 N–H and O–H groups in total. The number of rotatable bonds is 8. The zero-order chi connectivity index (χ0) is 27.1. The summed E-state index contributed by atoms with van der Waals surface area (Å²) in [5, 5.41) is 39.3. The van der Waals surface area contributed by atoms with Gasteiger partial charge >= 0.3 is 0 Å². The Hall–Kier alpha value is -2.44. The average Bonchev–Trinajstić information content (AvgIpc) is 3.33. The highest BCUT2D eigenvalue weighted by atomic mass is 32.1. The van der Waals surface area contributed by atoms with Gasteiger partial charge < -0.3 is 30.7 Å². The van der Waals surface area contributed by atoms with Crippen LogP contribution in [-0.4, -0.2) is 77.9 Å². The highest BCUT2D eigenvalue weighted by Gasteiger charge is 2.48. The van der Waals surface area contributed by atoms with E-state index in [-0.39, 0.29) is 5.60 Å². The molecule has 0 aliphatic heterocycles. The second-order valence-electron chi connectivity index (χ2n) is 11.2. The topological polar surface area (TPSA) is 146 Å². The van der Waals surface area contributed by atoms with E-state index in [1.165, 1.54) is 11.3 Å².